The molecule has 0 fully saturated rings. The zero-order valence-corrected chi connectivity index (χ0v) is 14.8. The number of anilines is 2. The number of ether oxygens (including phenoxy) is 1. The van der Waals surface area contributed by atoms with Gasteiger partial charge in [-0.3, -0.25) is 9.59 Å². The molecule has 136 valence electrons. The molecule has 0 aliphatic heterocycles. The second-order valence-electron chi connectivity index (χ2n) is 5.19. The number of thiazole rings is 1. The maximum absolute atomic E-state index is 12.1. The number of hydrogen-bond donors (Lipinski definition) is 3. The van der Waals surface area contributed by atoms with Gasteiger partial charge in [0.2, 0.25) is 5.91 Å². The molecule has 0 unspecified atom stereocenters. The Morgan fingerprint density at radius 1 is 1.35 bits per heavy atom. The average molecular weight is 374 g/mol. The van der Waals surface area contributed by atoms with Gasteiger partial charge in [0.1, 0.15) is 0 Å². The number of amides is 2. The van der Waals surface area contributed by atoms with Gasteiger partial charge >= 0.3 is 5.97 Å². The summed E-state index contributed by atoms with van der Waals surface area (Å²) in [4.78, 5) is 39.3. The molecule has 0 saturated carbocycles. The summed E-state index contributed by atoms with van der Waals surface area (Å²) in [5, 5.41) is 7.65. The number of primary amides is 1. The van der Waals surface area contributed by atoms with E-state index >= 15 is 0 Å². The molecule has 9 heteroatoms. The SMILES string of the molecule is C=CCNc1nc(C(=O)O[C@@H](C)C(=O)Nc2ccc(C(N)=O)cc2)cs1. The van der Waals surface area contributed by atoms with Crippen LogP contribution in [0.5, 0.6) is 0 Å². The topological polar surface area (TPSA) is 123 Å². The molecule has 8 nitrogen and oxygen atoms in total. The van der Waals surface area contributed by atoms with Crippen molar-refractivity contribution in [1.29, 1.82) is 0 Å². The summed E-state index contributed by atoms with van der Waals surface area (Å²) >= 11 is 1.25. The fourth-order valence-electron chi connectivity index (χ4n) is 1.84. The van der Waals surface area contributed by atoms with Crippen LogP contribution in [0.25, 0.3) is 0 Å². The van der Waals surface area contributed by atoms with Gasteiger partial charge in [0.15, 0.2) is 16.9 Å². The number of benzene rings is 1. The predicted octanol–water partition coefficient (Wildman–Crippen LogP) is 2.02. The lowest BCUT2D eigenvalue weighted by atomic mass is 10.2. The van der Waals surface area contributed by atoms with Crippen molar-refractivity contribution < 1.29 is 19.1 Å². The molecule has 0 aliphatic rings. The Kier molecular flexibility index (Phi) is 6.45. The van der Waals surface area contributed by atoms with Gasteiger partial charge < -0.3 is 21.1 Å². The van der Waals surface area contributed by atoms with Gasteiger partial charge in [-0.05, 0) is 31.2 Å². The third kappa shape index (κ3) is 5.15. The molecule has 1 aromatic carbocycles. The minimum atomic E-state index is -1.02. The van der Waals surface area contributed by atoms with E-state index < -0.39 is 23.9 Å². The highest BCUT2D eigenvalue weighted by molar-refractivity contribution is 7.13. The largest absolute Gasteiger partial charge is 0.448 e. The van der Waals surface area contributed by atoms with Gasteiger partial charge in [0.25, 0.3) is 5.91 Å². The Hall–Kier alpha value is -3.20. The number of carbonyl (C=O) groups is 3. The first-order chi connectivity index (χ1) is 12.4. The lowest BCUT2D eigenvalue weighted by Crippen LogP contribution is -2.30. The van der Waals surface area contributed by atoms with Gasteiger partial charge in [0, 0.05) is 23.2 Å². The van der Waals surface area contributed by atoms with E-state index in [1.807, 2.05) is 0 Å². The minimum absolute atomic E-state index is 0.118. The average Bonchev–Trinajstić information content (AvgIpc) is 3.09. The van der Waals surface area contributed by atoms with Crippen molar-refractivity contribution in [3.05, 3.63) is 53.6 Å². The summed E-state index contributed by atoms with van der Waals surface area (Å²) in [6, 6.07) is 6.04. The number of nitrogens with two attached hydrogens (primary N) is 1. The molecule has 1 heterocycles. The van der Waals surface area contributed by atoms with Crippen LogP contribution >= 0.6 is 11.3 Å². The molecule has 0 radical (unpaired) electrons. The molecule has 2 rings (SSSR count). The van der Waals surface area contributed by atoms with E-state index in [1.54, 1.807) is 11.5 Å². The van der Waals surface area contributed by atoms with E-state index in [1.165, 1.54) is 42.5 Å². The molecule has 0 bridgehead atoms. The Balaban J connectivity index is 1.91. The Labute approximate surface area is 154 Å². The van der Waals surface area contributed by atoms with Crippen LogP contribution in [0.1, 0.15) is 27.8 Å². The highest BCUT2D eigenvalue weighted by Crippen LogP contribution is 2.17. The maximum atomic E-state index is 12.1. The maximum Gasteiger partial charge on any atom is 0.358 e. The van der Waals surface area contributed by atoms with Crippen molar-refractivity contribution in [1.82, 2.24) is 4.98 Å². The third-order valence-electron chi connectivity index (χ3n) is 3.20. The van der Waals surface area contributed by atoms with Crippen LogP contribution in [0.4, 0.5) is 10.8 Å². The lowest BCUT2D eigenvalue weighted by Gasteiger charge is -2.13. The quantitative estimate of drug-likeness (QED) is 0.480. The number of rotatable bonds is 8. The molecule has 26 heavy (non-hydrogen) atoms. The van der Waals surface area contributed by atoms with Gasteiger partial charge in [0.05, 0.1) is 0 Å². The monoisotopic (exact) mass is 374 g/mol. The summed E-state index contributed by atoms with van der Waals surface area (Å²) in [5.74, 6) is -1.76. The molecular formula is C17H18N4O4S. The molecule has 1 atom stereocenters. The van der Waals surface area contributed by atoms with Crippen LogP contribution in [0.3, 0.4) is 0 Å². The van der Waals surface area contributed by atoms with Crippen molar-refractivity contribution >= 4 is 39.9 Å². The van der Waals surface area contributed by atoms with Crippen LogP contribution < -0.4 is 16.4 Å². The summed E-state index contributed by atoms with van der Waals surface area (Å²) in [7, 11) is 0. The highest BCUT2D eigenvalue weighted by atomic mass is 32.1. The number of hydrogen-bond acceptors (Lipinski definition) is 7. The lowest BCUT2D eigenvalue weighted by molar-refractivity contribution is -0.123. The predicted molar refractivity (Wildman–Crippen MR) is 99.3 cm³/mol. The first kappa shape index (κ1) is 19.1. The van der Waals surface area contributed by atoms with Crippen LogP contribution in [-0.2, 0) is 9.53 Å². The summed E-state index contributed by atoms with van der Waals surface area (Å²) in [6.07, 6.45) is 0.645. The van der Waals surface area contributed by atoms with E-state index in [-0.39, 0.29) is 5.69 Å². The molecular weight excluding hydrogens is 356 g/mol. The van der Waals surface area contributed by atoms with Crippen molar-refractivity contribution in [3.8, 4) is 0 Å². The normalized spacial score (nSPS) is 11.3. The molecule has 1 aromatic heterocycles. The van der Waals surface area contributed by atoms with Crippen molar-refractivity contribution in [2.75, 3.05) is 17.2 Å². The van der Waals surface area contributed by atoms with E-state index in [4.69, 9.17) is 10.5 Å². The molecule has 0 spiro atoms. The number of aromatic nitrogens is 1. The van der Waals surface area contributed by atoms with E-state index in [0.29, 0.717) is 22.9 Å². The Bertz CT molecular complexity index is 816. The third-order valence-corrected chi connectivity index (χ3v) is 4.00. The fraction of sp³-hybridized carbons (Fsp3) is 0.176. The molecule has 0 saturated heterocycles. The first-order valence-electron chi connectivity index (χ1n) is 7.62. The first-order valence-corrected chi connectivity index (χ1v) is 8.50. The Morgan fingerprint density at radius 2 is 2.04 bits per heavy atom. The Morgan fingerprint density at radius 3 is 2.65 bits per heavy atom. The molecule has 4 N–H and O–H groups in total. The van der Waals surface area contributed by atoms with E-state index in [2.05, 4.69) is 22.2 Å². The number of nitrogens with zero attached hydrogens (tertiary/aromatic N) is 1. The second-order valence-corrected chi connectivity index (χ2v) is 6.04. The summed E-state index contributed by atoms with van der Waals surface area (Å²) in [6.45, 7) is 5.56. The summed E-state index contributed by atoms with van der Waals surface area (Å²) in [5.41, 5.74) is 6.05. The van der Waals surface area contributed by atoms with E-state index in [0.717, 1.165) is 0 Å². The van der Waals surface area contributed by atoms with Crippen LogP contribution in [0.15, 0.2) is 42.3 Å². The van der Waals surface area contributed by atoms with Crippen LogP contribution in [-0.4, -0.2) is 35.4 Å². The van der Waals surface area contributed by atoms with Crippen LogP contribution in [0.2, 0.25) is 0 Å². The van der Waals surface area contributed by atoms with Gasteiger partial charge in [-0.25, -0.2) is 9.78 Å². The van der Waals surface area contributed by atoms with Gasteiger partial charge in [-0.2, -0.15) is 0 Å². The smallest absolute Gasteiger partial charge is 0.358 e. The van der Waals surface area contributed by atoms with E-state index in [9.17, 15) is 14.4 Å². The minimum Gasteiger partial charge on any atom is -0.448 e. The highest BCUT2D eigenvalue weighted by Gasteiger charge is 2.21. The van der Waals surface area contributed by atoms with Gasteiger partial charge in [-0.1, -0.05) is 6.08 Å². The standard InChI is InChI=1S/C17H18N4O4S/c1-3-8-19-17-21-13(9-26-17)16(24)25-10(2)15(23)20-12-6-4-11(5-7-12)14(18)22/h3-7,9-10H,1,8H2,2H3,(H2,18,22)(H,19,21)(H,20,23)/t10-/m0/s1. The van der Waals surface area contributed by atoms with Crippen molar-refractivity contribution in [2.24, 2.45) is 5.73 Å². The number of nitrogens with one attached hydrogen (secondary N) is 2. The fourth-order valence-corrected chi connectivity index (χ4v) is 2.53. The molecule has 0 aliphatic carbocycles. The molecule has 2 amide bonds. The summed E-state index contributed by atoms with van der Waals surface area (Å²) < 4.78 is 5.12. The van der Waals surface area contributed by atoms with Crippen molar-refractivity contribution in [3.63, 3.8) is 0 Å². The zero-order valence-electron chi connectivity index (χ0n) is 14.0. The van der Waals surface area contributed by atoms with Gasteiger partial charge in [-0.15, -0.1) is 17.9 Å². The van der Waals surface area contributed by atoms with Crippen LogP contribution in [0, 0.1) is 0 Å². The molecule has 2 aromatic rings. The number of esters is 1. The second kappa shape index (κ2) is 8.77. The van der Waals surface area contributed by atoms with Crippen molar-refractivity contribution in [2.45, 2.75) is 13.0 Å². The zero-order chi connectivity index (χ0) is 19.1. The number of carbonyl (C=O) groups excluding carboxylic acids is 3.